The number of hydrogen-bond donors (Lipinski definition) is 1. The maximum atomic E-state index is 12.8. The number of piperazine rings is 1. The van der Waals surface area contributed by atoms with Crippen LogP contribution in [0.4, 0.5) is 5.69 Å². The predicted molar refractivity (Wildman–Crippen MR) is 108 cm³/mol. The Kier molecular flexibility index (Phi) is 5.90. The Hall–Kier alpha value is -2.58. The van der Waals surface area contributed by atoms with Gasteiger partial charge < -0.3 is 14.5 Å². The number of nitrogens with one attached hydrogen (secondary N) is 1. The van der Waals surface area contributed by atoms with Gasteiger partial charge in [-0.2, -0.15) is 0 Å². The first-order chi connectivity index (χ1) is 13.3. The summed E-state index contributed by atoms with van der Waals surface area (Å²) in [7, 11) is -0.319. The molecule has 0 saturated carbocycles. The molecule has 150 valence electrons. The van der Waals surface area contributed by atoms with Crippen molar-refractivity contribution in [2.45, 2.75) is 11.8 Å². The van der Waals surface area contributed by atoms with Crippen LogP contribution in [0.3, 0.4) is 0 Å². The SMILES string of the molecule is COc1ccc(C(=O)N2CCN(C)CC2)cc1NS(=O)(=O)c1ccc(C)cc1. The summed E-state index contributed by atoms with van der Waals surface area (Å²) in [6.07, 6.45) is 0. The van der Waals surface area contributed by atoms with E-state index >= 15 is 0 Å². The Labute approximate surface area is 166 Å². The van der Waals surface area contributed by atoms with Gasteiger partial charge in [0.2, 0.25) is 0 Å². The molecule has 8 heteroatoms. The summed E-state index contributed by atoms with van der Waals surface area (Å²) in [5, 5.41) is 0. The number of benzene rings is 2. The first-order valence-corrected chi connectivity index (χ1v) is 10.5. The number of likely N-dealkylation sites (N-methyl/N-ethyl adjacent to an activating group) is 1. The van der Waals surface area contributed by atoms with Gasteiger partial charge in [0.05, 0.1) is 17.7 Å². The largest absolute Gasteiger partial charge is 0.495 e. The van der Waals surface area contributed by atoms with Crippen molar-refractivity contribution in [2.24, 2.45) is 0 Å². The van der Waals surface area contributed by atoms with Crippen LogP contribution in [-0.4, -0.2) is 64.5 Å². The lowest BCUT2D eigenvalue weighted by atomic mass is 10.1. The number of amides is 1. The van der Waals surface area contributed by atoms with E-state index in [9.17, 15) is 13.2 Å². The molecule has 0 radical (unpaired) electrons. The van der Waals surface area contributed by atoms with Crippen molar-refractivity contribution in [1.82, 2.24) is 9.80 Å². The Bertz CT molecular complexity index is 950. The van der Waals surface area contributed by atoms with Gasteiger partial charge in [0.15, 0.2) is 0 Å². The lowest BCUT2D eigenvalue weighted by Gasteiger charge is -2.32. The lowest BCUT2D eigenvalue weighted by molar-refractivity contribution is 0.0664. The van der Waals surface area contributed by atoms with Gasteiger partial charge in [-0.15, -0.1) is 0 Å². The van der Waals surface area contributed by atoms with E-state index in [2.05, 4.69) is 9.62 Å². The number of methoxy groups -OCH3 is 1. The Morgan fingerprint density at radius 3 is 2.29 bits per heavy atom. The van der Waals surface area contributed by atoms with Gasteiger partial charge in [-0.1, -0.05) is 17.7 Å². The fourth-order valence-corrected chi connectivity index (χ4v) is 4.10. The third-order valence-corrected chi connectivity index (χ3v) is 6.19. The third kappa shape index (κ3) is 4.45. The van der Waals surface area contributed by atoms with Gasteiger partial charge in [-0.25, -0.2) is 8.42 Å². The number of rotatable bonds is 5. The molecule has 1 N–H and O–H groups in total. The Morgan fingerprint density at radius 2 is 1.68 bits per heavy atom. The van der Waals surface area contributed by atoms with E-state index in [0.717, 1.165) is 18.7 Å². The zero-order valence-corrected chi connectivity index (χ0v) is 17.1. The highest BCUT2D eigenvalue weighted by Crippen LogP contribution is 2.29. The normalized spacial score (nSPS) is 15.3. The lowest BCUT2D eigenvalue weighted by Crippen LogP contribution is -2.47. The zero-order valence-electron chi connectivity index (χ0n) is 16.3. The molecule has 1 amide bonds. The third-order valence-electron chi connectivity index (χ3n) is 4.81. The molecule has 1 aliphatic rings. The maximum Gasteiger partial charge on any atom is 0.262 e. The second-order valence-corrected chi connectivity index (χ2v) is 8.61. The van der Waals surface area contributed by atoms with Crippen molar-refractivity contribution >= 4 is 21.6 Å². The summed E-state index contributed by atoms with van der Waals surface area (Å²) >= 11 is 0. The van der Waals surface area contributed by atoms with E-state index in [-0.39, 0.29) is 16.5 Å². The van der Waals surface area contributed by atoms with Crippen molar-refractivity contribution in [3.8, 4) is 5.75 Å². The van der Waals surface area contributed by atoms with Crippen molar-refractivity contribution < 1.29 is 17.9 Å². The minimum Gasteiger partial charge on any atom is -0.495 e. The van der Waals surface area contributed by atoms with Crippen molar-refractivity contribution in [3.05, 3.63) is 53.6 Å². The number of carbonyl (C=O) groups is 1. The second-order valence-electron chi connectivity index (χ2n) is 6.93. The minimum absolute atomic E-state index is 0.119. The first kappa shape index (κ1) is 20.2. The minimum atomic E-state index is -3.80. The first-order valence-electron chi connectivity index (χ1n) is 9.05. The van der Waals surface area contributed by atoms with Crippen molar-refractivity contribution in [1.29, 1.82) is 0 Å². The summed E-state index contributed by atoms with van der Waals surface area (Å²) in [5.41, 5.74) is 1.63. The fraction of sp³-hybridized carbons (Fsp3) is 0.350. The number of anilines is 1. The number of hydrogen-bond acceptors (Lipinski definition) is 5. The van der Waals surface area contributed by atoms with Gasteiger partial charge in [0.25, 0.3) is 15.9 Å². The van der Waals surface area contributed by atoms with E-state index in [1.54, 1.807) is 41.3 Å². The van der Waals surface area contributed by atoms with Gasteiger partial charge in [-0.3, -0.25) is 9.52 Å². The molecule has 0 spiro atoms. The summed E-state index contributed by atoms with van der Waals surface area (Å²) in [4.78, 5) is 16.9. The predicted octanol–water partition coefficient (Wildman–Crippen LogP) is 2.19. The monoisotopic (exact) mass is 403 g/mol. The van der Waals surface area contributed by atoms with E-state index < -0.39 is 10.0 Å². The van der Waals surface area contributed by atoms with E-state index in [4.69, 9.17) is 4.74 Å². The highest BCUT2D eigenvalue weighted by Gasteiger charge is 2.23. The van der Waals surface area contributed by atoms with Gasteiger partial charge in [0.1, 0.15) is 5.75 Å². The average molecular weight is 404 g/mol. The summed E-state index contributed by atoms with van der Waals surface area (Å²) in [6.45, 7) is 4.81. The molecule has 28 heavy (non-hydrogen) atoms. The number of ether oxygens (including phenoxy) is 1. The summed E-state index contributed by atoms with van der Waals surface area (Å²) in [5.74, 6) is 0.233. The van der Waals surface area contributed by atoms with E-state index in [0.29, 0.717) is 24.4 Å². The van der Waals surface area contributed by atoms with Gasteiger partial charge >= 0.3 is 0 Å². The molecule has 7 nitrogen and oxygen atoms in total. The Balaban J connectivity index is 1.87. The van der Waals surface area contributed by atoms with Crippen LogP contribution < -0.4 is 9.46 Å². The molecule has 1 heterocycles. The molecular weight excluding hydrogens is 378 g/mol. The number of carbonyl (C=O) groups excluding carboxylic acids is 1. The summed E-state index contributed by atoms with van der Waals surface area (Å²) < 4.78 is 33.3. The van der Waals surface area contributed by atoms with Crippen LogP contribution in [0.1, 0.15) is 15.9 Å². The van der Waals surface area contributed by atoms with Crippen molar-refractivity contribution in [2.75, 3.05) is 45.1 Å². The molecule has 2 aromatic rings. The molecule has 0 atom stereocenters. The van der Waals surface area contributed by atoms with Crippen LogP contribution in [-0.2, 0) is 10.0 Å². The number of aryl methyl sites for hydroxylation is 1. The van der Waals surface area contributed by atoms with Crippen LogP contribution in [0.2, 0.25) is 0 Å². The molecule has 1 aliphatic heterocycles. The summed E-state index contributed by atoms with van der Waals surface area (Å²) in [6, 6.07) is 11.4. The van der Waals surface area contributed by atoms with Crippen LogP contribution in [0, 0.1) is 6.92 Å². The van der Waals surface area contributed by atoms with Crippen LogP contribution in [0.15, 0.2) is 47.4 Å². The topological polar surface area (TPSA) is 79.0 Å². The molecule has 3 rings (SSSR count). The molecule has 0 unspecified atom stereocenters. The Morgan fingerprint density at radius 1 is 1.04 bits per heavy atom. The zero-order chi connectivity index (χ0) is 20.3. The highest BCUT2D eigenvalue weighted by molar-refractivity contribution is 7.92. The molecule has 0 aliphatic carbocycles. The number of nitrogens with zero attached hydrogens (tertiary/aromatic N) is 2. The standard InChI is InChI=1S/C20H25N3O4S/c1-15-4-7-17(8-5-15)28(25,26)21-18-14-16(6-9-19(18)27-3)20(24)23-12-10-22(2)11-13-23/h4-9,14,21H,10-13H2,1-3H3. The van der Waals surface area contributed by atoms with Gasteiger partial charge in [0, 0.05) is 31.7 Å². The second kappa shape index (κ2) is 8.20. The quantitative estimate of drug-likeness (QED) is 0.828. The average Bonchev–Trinajstić information content (AvgIpc) is 2.68. The van der Waals surface area contributed by atoms with Crippen LogP contribution in [0.25, 0.3) is 0 Å². The molecule has 0 aromatic heterocycles. The smallest absolute Gasteiger partial charge is 0.262 e. The van der Waals surface area contributed by atoms with Crippen LogP contribution >= 0.6 is 0 Å². The number of sulfonamides is 1. The fourth-order valence-electron chi connectivity index (χ4n) is 3.03. The molecule has 0 bridgehead atoms. The molecular formula is C20H25N3O4S. The maximum absolute atomic E-state index is 12.8. The van der Waals surface area contributed by atoms with Gasteiger partial charge in [-0.05, 0) is 44.3 Å². The molecule has 2 aromatic carbocycles. The van der Waals surface area contributed by atoms with Crippen LogP contribution in [0.5, 0.6) is 5.75 Å². The highest BCUT2D eigenvalue weighted by atomic mass is 32.2. The molecule has 1 saturated heterocycles. The van der Waals surface area contributed by atoms with Crippen molar-refractivity contribution in [3.63, 3.8) is 0 Å². The molecule has 1 fully saturated rings. The van der Waals surface area contributed by atoms with E-state index in [1.165, 1.54) is 13.2 Å². The van der Waals surface area contributed by atoms with E-state index in [1.807, 2.05) is 14.0 Å².